The first-order chi connectivity index (χ1) is 7.33. The molecule has 16 heavy (non-hydrogen) atoms. The van der Waals surface area contributed by atoms with E-state index in [1.165, 1.54) is 12.8 Å². The van der Waals surface area contributed by atoms with Crippen LogP contribution in [0.2, 0.25) is 0 Å². The number of nitrogens with one attached hydrogen (secondary N) is 1. The molecule has 0 radical (unpaired) electrons. The quantitative estimate of drug-likeness (QED) is 0.771. The van der Waals surface area contributed by atoms with E-state index in [9.17, 15) is 4.79 Å². The molecule has 1 amide bonds. The maximum Gasteiger partial charge on any atom is 0.237 e. The van der Waals surface area contributed by atoms with Gasteiger partial charge in [-0.3, -0.25) is 4.79 Å². The number of carbonyl (C=O) groups excluding carboxylic acids is 1. The van der Waals surface area contributed by atoms with Crippen LogP contribution in [0.15, 0.2) is 0 Å². The molecular formula is C13H26N2O. The second-order valence-corrected chi connectivity index (χ2v) is 6.18. The van der Waals surface area contributed by atoms with Crippen molar-refractivity contribution >= 4 is 5.91 Å². The van der Waals surface area contributed by atoms with Crippen LogP contribution in [0.5, 0.6) is 0 Å². The molecule has 2 atom stereocenters. The minimum absolute atomic E-state index is 0.0219. The molecule has 1 saturated carbocycles. The predicted molar refractivity (Wildman–Crippen MR) is 67.0 cm³/mol. The molecule has 3 nitrogen and oxygen atoms in total. The lowest BCUT2D eigenvalue weighted by Gasteiger charge is -2.29. The maximum atomic E-state index is 11.9. The van der Waals surface area contributed by atoms with Gasteiger partial charge in [-0.2, -0.15) is 0 Å². The molecule has 3 N–H and O–H groups in total. The van der Waals surface area contributed by atoms with Crippen LogP contribution < -0.4 is 11.1 Å². The van der Waals surface area contributed by atoms with Gasteiger partial charge in [-0.25, -0.2) is 0 Å². The Balaban J connectivity index is 2.45. The van der Waals surface area contributed by atoms with Crippen molar-refractivity contribution in [1.82, 2.24) is 5.32 Å². The Morgan fingerprint density at radius 2 is 2.12 bits per heavy atom. The van der Waals surface area contributed by atoms with Crippen molar-refractivity contribution in [1.29, 1.82) is 0 Å². The Hall–Kier alpha value is -0.570. The maximum absolute atomic E-state index is 11.9. The smallest absolute Gasteiger partial charge is 0.237 e. The molecule has 0 bridgehead atoms. The molecule has 0 aliphatic heterocycles. The van der Waals surface area contributed by atoms with Crippen LogP contribution in [0.4, 0.5) is 0 Å². The highest BCUT2D eigenvalue weighted by Crippen LogP contribution is 2.37. The average Bonchev–Trinajstić information content (AvgIpc) is 2.44. The van der Waals surface area contributed by atoms with Gasteiger partial charge >= 0.3 is 0 Å². The highest BCUT2D eigenvalue weighted by molar-refractivity contribution is 5.81. The highest BCUT2D eigenvalue weighted by atomic mass is 16.2. The van der Waals surface area contributed by atoms with Crippen molar-refractivity contribution in [3.8, 4) is 0 Å². The van der Waals surface area contributed by atoms with Crippen LogP contribution >= 0.6 is 0 Å². The van der Waals surface area contributed by atoms with Gasteiger partial charge in [0.2, 0.25) is 5.91 Å². The third-order valence-corrected chi connectivity index (χ3v) is 3.64. The molecule has 0 heterocycles. The molecule has 1 rings (SSSR count). The number of amides is 1. The first kappa shape index (κ1) is 13.5. The van der Waals surface area contributed by atoms with Crippen molar-refractivity contribution in [3.05, 3.63) is 0 Å². The van der Waals surface area contributed by atoms with Crippen LogP contribution in [0.25, 0.3) is 0 Å². The van der Waals surface area contributed by atoms with Gasteiger partial charge in [-0.05, 0) is 30.6 Å². The normalized spacial score (nSPS) is 25.8. The SMILES string of the molecule is CC(C)C[C@@H](N)C(=O)NC1CCCC1(C)C. The van der Waals surface area contributed by atoms with E-state index in [4.69, 9.17) is 5.73 Å². The fraction of sp³-hybridized carbons (Fsp3) is 0.923. The van der Waals surface area contributed by atoms with Crippen LogP contribution in [0, 0.1) is 11.3 Å². The standard InChI is InChI=1S/C13H26N2O/c1-9(2)8-10(14)12(16)15-11-6-5-7-13(11,3)4/h9-11H,5-8,14H2,1-4H3,(H,15,16)/t10-,11?/m1/s1. The van der Waals surface area contributed by atoms with Gasteiger partial charge in [0.15, 0.2) is 0 Å². The average molecular weight is 226 g/mol. The van der Waals surface area contributed by atoms with E-state index in [1.807, 2.05) is 0 Å². The van der Waals surface area contributed by atoms with E-state index in [-0.39, 0.29) is 17.4 Å². The van der Waals surface area contributed by atoms with E-state index in [1.54, 1.807) is 0 Å². The number of nitrogens with two attached hydrogens (primary N) is 1. The molecule has 0 aromatic rings. The van der Waals surface area contributed by atoms with Gasteiger partial charge in [0.05, 0.1) is 6.04 Å². The Morgan fingerprint density at radius 3 is 2.56 bits per heavy atom. The van der Waals surface area contributed by atoms with Crippen LogP contribution in [-0.2, 0) is 4.79 Å². The number of hydrogen-bond acceptors (Lipinski definition) is 2. The van der Waals surface area contributed by atoms with Crippen molar-refractivity contribution in [2.24, 2.45) is 17.1 Å². The minimum atomic E-state index is -0.351. The van der Waals surface area contributed by atoms with Gasteiger partial charge in [0.25, 0.3) is 0 Å². The molecule has 1 fully saturated rings. The summed E-state index contributed by atoms with van der Waals surface area (Å²) in [4.78, 5) is 11.9. The summed E-state index contributed by atoms with van der Waals surface area (Å²) in [6, 6.07) is -0.0467. The first-order valence-corrected chi connectivity index (χ1v) is 6.39. The Morgan fingerprint density at radius 1 is 1.50 bits per heavy atom. The van der Waals surface area contributed by atoms with Crippen molar-refractivity contribution in [3.63, 3.8) is 0 Å². The Bertz CT molecular complexity index is 248. The van der Waals surface area contributed by atoms with Gasteiger partial charge in [-0.15, -0.1) is 0 Å². The molecule has 94 valence electrons. The summed E-state index contributed by atoms with van der Waals surface area (Å²) >= 11 is 0. The second-order valence-electron chi connectivity index (χ2n) is 6.18. The zero-order valence-electron chi connectivity index (χ0n) is 11.0. The van der Waals surface area contributed by atoms with Gasteiger partial charge in [0, 0.05) is 6.04 Å². The summed E-state index contributed by atoms with van der Waals surface area (Å²) in [7, 11) is 0. The predicted octanol–water partition coefficient (Wildman–Crippen LogP) is 2.05. The van der Waals surface area contributed by atoms with Gasteiger partial charge in [-0.1, -0.05) is 34.1 Å². The van der Waals surface area contributed by atoms with Crippen molar-refractivity contribution in [2.45, 2.75) is 65.5 Å². The lowest BCUT2D eigenvalue weighted by Crippen LogP contribution is -2.49. The number of rotatable bonds is 4. The minimum Gasteiger partial charge on any atom is -0.351 e. The van der Waals surface area contributed by atoms with Crippen molar-refractivity contribution in [2.75, 3.05) is 0 Å². The molecule has 3 heteroatoms. The summed E-state index contributed by atoms with van der Waals surface area (Å²) in [6.07, 6.45) is 4.25. The summed E-state index contributed by atoms with van der Waals surface area (Å²) in [5.41, 5.74) is 6.10. The number of carbonyl (C=O) groups is 1. The van der Waals surface area contributed by atoms with E-state index in [0.717, 1.165) is 12.8 Å². The van der Waals surface area contributed by atoms with E-state index in [0.29, 0.717) is 12.0 Å². The van der Waals surface area contributed by atoms with E-state index in [2.05, 4.69) is 33.0 Å². The molecule has 0 saturated heterocycles. The molecule has 0 aromatic heterocycles. The van der Waals surface area contributed by atoms with Crippen LogP contribution in [0.1, 0.15) is 53.4 Å². The largest absolute Gasteiger partial charge is 0.351 e. The van der Waals surface area contributed by atoms with Crippen LogP contribution in [-0.4, -0.2) is 18.0 Å². The Labute approximate surface area is 99.2 Å². The van der Waals surface area contributed by atoms with Gasteiger partial charge < -0.3 is 11.1 Å². The van der Waals surface area contributed by atoms with Crippen LogP contribution in [0.3, 0.4) is 0 Å². The monoisotopic (exact) mass is 226 g/mol. The Kier molecular flexibility index (Phi) is 4.36. The first-order valence-electron chi connectivity index (χ1n) is 6.39. The van der Waals surface area contributed by atoms with E-state index < -0.39 is 0 Å². The summed E-state index contributed by atoms with van der Waals surface area (Å²) in [5, 5.41) is 3.11. The second kappa shape index (κ2) is 5.17. The van der Waals surface area contributed by atoms with Gasteiger partial charge in [0.1, 0.15) is 0 Å². The summed E-state index contributed by atoms with van der Waals surface area (Å²) in [5.74, 6) is 0.492. The topological polar surface area (TPSA) is 55.1 Å². The lowest BCUT2D eigenvalue weighted by molar-refractivity contribution is -0.124. The van der Waals surface area contributed by atoms with E-state index >= 15 is 0 Å². The molecule has 1 unspecified atom stereocenters. The molecule has 0 spiro atoms. The molecule has 0 aromatic carbocycles. The van der Waals surface area contributed by atoms with Crippen molar-refractivity contribution < 1.29 is 4.79 Å². The lowest BCUT2D eigenvalue weighted by atomic mass is 9.87. The fourth-order valence-electron chi connectivity index (χ4n) is 2.49. The molecular weight excluding hydrogens is 200 g/mol. The number of hydrogen-bond donors (Lipinski definition) is 2. The zero-order chi connectivity index (χ0) is 12.3. The molecule has 1 aliphatic carbocycles. The third kappa shape index (κ3) is 3.48. The fourth-order valence-corrected chi connectivity index (χ4v) is 2.49. The molecule has 1 aliphatic rings. The summed E-state index contributed by atoms with van der Waals surface area (Å²) < 4.78 is 0. The third-order valence-electron chi connectivity index (χ3n) is 3.64. The zero-order valence-corrected chi connectivity index (χ0v) is 11.0. The summed E-state index contributed by atoms with van der Waals surface area (Å²) in [6.45, 7) is 8.62. The highest BCUT2D eigenvalue weighted by Gasteiger charge is 2.36.